The number of ether oxygens (including phenoxy) is 1. The summed E-state index contributed by atoms with van der Waals surface area (Å²) in [6.07, 6.45) is 4.11. The maximum atomic E-state index is 11.7. The number of hydrogen-bond donors (Lipinski definition) is 2. The van der Waals surface area contributed by atoms with Gasteiger partial charge < -0.3 is 15.0 Å². The Morgan fingerprint density at radius 2 is 1.90 bits per heavy atom. The molecule has 166 valence electrons. The van der Waals surface area contributed by atoms with Crippen LogP contribution in [0.5, 0.6) is 5.75 Å². The summed E-state index contributed by atoms with van der Waals surface area (Å²) in [7, 11) is -3.10. The first-order valence-corrected chi connectivity index (χ1v) is 12.2. The summed E-state index contributed by atoms with van der Waals surface area (Å²) in [6, 6.07) is 6.95. The summed E-state index contributed by atoms with van der Waals surface area (Å²) in [5.41, 5.74) is 2.26. The number of hydrogen-bond acceptors (Lipinski definition) is 5. The number of rotatable bonds is 7. The molecule has 0 radical (unpaired) electrons. The van der Waals surface area contributed by atoms with Crippen LogP contribution in [-0.4, -0.2) is 45.4 Å². The zero-order valence-electron chi connectivity index (χ0n) is 18.0. The average Bonchev–Trinajstić information content (AvgIpc) is 2.66. The van der Waals surface area contributed by atoms with Gasteiger partial charge in [0.25, 0.3) is 0 Å². The van der Waals surface area contributed by atoms with Crippen LogP contribution in [0.2, 0.25) is 0 Å². The SMILES string of the molecule is CCS(=O)(=O)NC1CCC(CNc2ccc3c(c2)OC(C)CN3C(C)C)CC1.Cl. The van der Waals surface area contributed by atoms with E-state index < -0.39 is 10.0 Å². The zero-order chi connectivity index (χ0) is 20.3. The van der Waals surface area contributed by atoms with Gasteiger partial charge in [0.2, 0.25) is 10.0 Å². The van der Waals surface area contributed by atoms with Crippen LogP contribution in [0, 0.1) is 5.92 Å². The third kappa shape index (κ3) is 6.40. The summed E-state index contributed by atoms with van der Waals surface area (Å²) in [5.74, 6) is 1.68. The van der Waals surface area contributed by atoms with E-state index in [1.165, 1.54) is 5.69 Å². The van der Waals surface area contributed by atoms with Crippen molar-refractivity contribution in [1.29, 1.82) is 0 Å². The van der Waals surface area contributed by atoms with E-state index in [1.54, 1.807) is 6.92 Å². The molecule has 1 heterocycles. The Morgan fingerprint density at radius 1 is 1.21 bits per heavy atom. The second-order valence-corrected chi connectivity index (χ2v) is 10.5. The Labute approximate surface area is 182 Å². The molecule has 1 aliphatic carbocycles. The smallest absolute Gasteiger partial charge is 0.211 e. The van der Waals surface area contributed by atoms with Crippen LogP contribution in [0.25, 0.3) is 0 Å². The first-order valence-electron chi connectivity index (χ1n) is 10.6. The second kappa shape index (κ2) is 10.2. The highest BCUT2D eigenvalue weighted by Gasteiger charge is 2.26. The van der Waals surface area contributed by atoms with Crippen molar-refractivity contribution >= 4 is 33.8 Å². The molecule has 1 fully saturated rings. The summed E-state index contributed by atoms with van der Waals surface area (Å²) >= 11 is 0. The quantitative estimate of drug-likeness (QED) is 0.663. The van der Waals surface area contributed by atoms with Crippen LogP contribution in [0.3, 0.4) is 0 Å². The number of anilines is 2. The van der Waals surface area contributed by atoms with Gasteiger partial charge in [-0.3, -0.25) is 0 Å². The predicted octanol–water partition coefficient (Wildman–Crippen LogP) is 4.01. The van der Waals surface area contributed by atoms with Crippen molar-refractivity contribution in [3.05, 3.63) is 18.2 Å². The van der Waals surface area contributed by atoms with Crippen LogP contribution in [0.4, 0.5) is 11.4 Å². The van der Waals surface area contributed by atoms with E-state index in [4.69, 9.17) is 4.74 Å². The van der Waals surface area contributed by atoms with Crippen LogP contribution >= 0.6 is 12.4 Å². The van der Waals surface area contributed by atoms with Crippen molar-refractivity contribution in [2.45, 2.75) is 71.6 Å². The van der Waals surface area contributed by atoms with Crippen LogP contribution in [-0.2, 0) is 10.0 Å². The Kier molecular flexibility index (Phi) is 8.49. The lowest BCUT2D eigenvalue weighted by Crippen LogP contribution is -2.42. The molecular weight excluding hydrogens is 410 g/mol. The maximum absolute atomic E-state index is 11.7. The van der Waals surface area contributed by atoms with Gasteiger partial charge in [-0.15, -0.1) is 12.4 Å². The van der Waals surface area contributed by atoms with E-state index in [1.807, 2.05) is 0 Å². The molecule has 1 saturated carbocycles. The molecule has 0 saturated heterocycles. The Morgan fingerprint density at radius 3 is 2.52 bits per heavy atom. The molecular formula is C21H36ClN3O3S. The van der Waals surface area contributed by atoms with Gasteiger partial charge in [0.15, 0.2) is 0 Å². The van der Waals surface area contributed by atoms with Crippen LogP contribution in [0.1, 0.15) is 53.4 Å². The summed E-state index contributed by atoms with van der Waals surface area (Å²) in [6.45, 7) is 10.1. The minimum absolute atomic E-state index is 0. The first kappa shape index (κ1) is 24.1. The predicted molar refractivity (Wildman–Crippen MR) is 123 cm³/mol. The van der Waals surface area contributed by atoms with Gasteiger partial charge in [0.05, 0.1) is 18.0 Å². The van der Waals surface area contributed by atoms with Gasteiger partial charge in [-0.05, 0) is 71.4 Å². The third-order valence-corrected chi connectivity index (χ3v) is 7.29. The standard InChI is InChI=1S/C21H35N3O3S.ClH/c1-5-28(25,26)23-18-8-6-17(7-9-18)13-22-19-10-11-20-21(12-19)27-16(4)14-24(20)15(2)3;/h10-12,15-18,22-23H,5-9,13-14H2,1-4H3;1H. The molecule has 1 aromatic carbocycles. The number of fused-ring (bicyclic) bond motifs is 1. The van der Waals surface area contributed by atoms with Crippen molar-refractivity contribution in [3.8, 4) is 5.75 Å². The minimum Gasteiger partial charge on any atom is -0.487 e. The van der Waals surface area contributed by atoms with E-state index in [9.17, 15) is 8.42 Å². The Hall–Kier alpha value is -1.18. The van der Waals surface area contributed by atoms with E-state index in [2.05, 4.69) is 53.9 Å². The summed E-state index contributed by atoms with van der Waals surface area (Å²) < 4.78 is 32.3. The zero-order valence-corrected chi connectivity index (χ0v) is 19.6. The highest BCUT2D eigenvalue weighted by molar-refractivity contribution is 7.89. The Bertz CT molecular complexity index is 764. The van der Waals surface area contributed by atoms with Crippen molar-refractivity contribution in [2.75, 3.05) is 29.1 Å². The number of sulfonamides is 1. The summed E-state index contributed by atoms with van der Waals surface area (Å²) in [4.78, 5) is 2.39. The third-order valence-electron chi connectivity index (χ3n) is 5.84. The normalized spacial score (nSPS) is 24.4. The lowest BCUT2D eigenvalue weighted by molar-refractivity contribution is 0.209. The second-order valence-electron chi connectivity index (χ2n) is 8.48. The topological polar surface area (TPSA) is 70.7 Å². The number of halogens is 1. The van der Waals surface area contributed by atoms with Crippen molar-refractivity contribution < 1.29 is 13.2 Å². The van der Waals surface area contributed by atoms with Crippen LogP contribution < -0.4 is 19.7 Å². The van der Waals surface area contributed by atoms with Gasteiger partial charge >= 0.3 is 0 Å². The maximum Gasteiger partial charge on any atom is 0.211 e. The largest absolute Gasteiger partial charge is 0.487 e. The number of nitrogens with zero attached hydrogens (tertiary/aromatic N) is 1. The van der Waals surface area contributed by atoms with E-state index in [0.717, 1.165) is 50.2 Å². The van der Waals surface area contributed by atoms with E-state index in [0.29, 0.717) is 12.0 Å². The number of benzene rings is 1. The molecule has 6 nitrogen and oxygen atoms in total. The van der Waals surface area contributed by atoms with Gasteiger partial charge in [0, 0.05) is 30.4 Å². The molecule has 2 N–H and O–H groups in total. The molecule has 0 bridgehead atoms. The van der Waals surface area contributed by atoms with Gasteiger partial charge in [-0.2, -0.15) is 0 Å². The van der Waals surface area contributed by atoms with Crippen molar-refractivity contribution in [1.82, 2.24) is 4.72 Å². The molecule has 0 spiro atoms. The fraction of sp³-hybridized carbons (Fsp3) is 0.714. The highest BCUT2D eigenvalue weighted by Crippen LogP contribution is 2.37. The molecule has 0 amide bonds. The Balaban J connectivity index is 0.00000300. The van der Waals surface area contributed by atoms with Crippen molar-refractivity contribution in [3.63, 3.8) is 0 Å². The lowest BCUT2D eigenvalue weighted by Gasteiger charge is -2.38. The first-order chi connectivity index (χ1) is 13.3. The average molecular weight is 446 g/mol. The van der Waals surface area contributed by atoms with Gasteiger partial charge in [-0.25, -0.2) is 13.1 Å². The van der Waals surface area contributed by atoms with Crippen molar-refractivity contribution in [2.24, 2.45) is 5.92 Å². The molecule has 8 heteroatoms. The molecule has 0 aromatic heterocycles. The highest BCUT2D eigenvalue weighted by atomic mass is 35.5. The van der Waals surface area contributed by atoms with E-state index in [-0.39, 0.29) is 30.3 Å². The fourth-order valence-electron chi connectivity index (χ4n) is 4.16. The van der Waals surface area contributed by atoms with Gasteiger partial charge in [0.1, 0.15) is 11.9 Å². The minimum atomic E-state index is -3.10. The molecule has 1 aliphatic heterocycles. The molecule has 3 rings (SSSR count). The number of nitrogens with one attached hydrogen (secondary N) is 2. The lowest BCUT2D eigenvalue weighted by atomic mass is 9.86. The molecule has 1 unspecified atom stereocenters. The van der Waals surface area contributed by atoms with Gasteiger partial charge in [-0.1, -0.05) is 0 Å². The monoisotopic (exact) mass is 445 g/mol. The van der Waals surface area contributed by atoms with Crippen LogP contribution in [0.15, 0.2) is 18.2 Å². The summed E-state index contributed by atoms with van der Waals surface area (Å²) in [5, 5.41) is 3.56. The molecule has 2 aliphatic rings. The molecule has 1 aromatic rings. The molecule has 1 atom stereocenters. The molecule has 29 heavy (non-hydrogen) atoms. The fourth-order valence-corrected chi connectivity index (χ4v) is 5.07. The van der Waals surface area contributed by atoms with E-state index >= 15 is 0 Å².